The van der Waals surface area contributed by atoms with Crippen LogP contribution < -0.4 is 0 Å². The van der Waals surface area contributed by atoms with Crippen LogP contribution in [0, 0.1) is 6.92 Å². The van der Waals surface area contributed by atoms with Gasteiger partial charge in [0.05, 0.1) is 20.4 Å². The maximum absolute atomic E-state index is 13.0. The van der Waals surface area contributed by atoms with Crippen molar-refractivity contribution < 1.29 is 26.4 Å². The third-order valence-electron chi connectivity index (χ3n) is 4.46. The Morgan fingerprint density at radius 2 is 1.79 bits per heavy atom. The summed E-state index contributed by atoms with van der Waals surface area (Å²) in [6.07, 6.45) is -4.76. The SMILES string of the molecule is Cc1ccsc1C(=O)N1CCN(S(=O)(=O)c2ccc(Cl)c(C(F)(F)F)c2)CC1. The summed E-state index contributed by atoms with van der Waals surface area (Å²) in [4.78, 5) is 14.2. The third kappa shape index (κ3) is 4.05. The van der Waals surface area contributed by atoms with Gasteiger partial charge < -0.3 is 4.90 Å². The van der Waals surface area contributed by atoms with E-state index < -0.39 is 31.7 Å². The molecule has 2 heterocycles. The lowest BCUT2D eigenvalue weighted by Gasteiger charge is -2.34. The number of hydrogen-bond donors (Lipinski definition) is 0. The number of piperazine rings is 1. The largest absolute Gasteiger partial charge is 0.417 e. The average Bonchev–Trinajstić information content (AvgIpc) is 3.06. The van der Waals surface area contributed by atoms with Crippen LogP contribution >= 0.6 is 22.9 Å². The molecule has 2 aromatic rings. The molecule has 11 heteroatoms. The Labute approximate surface area is 169 Å². The van der Waals surface area contributed by atoms with Gasteiger partial charge in [-0.15, -0.1) is 11.3 Å². The molecule has 0 spiro atoms. The highest BCUT2D eigenvalue weighted by molar-refractivity contribution is 7.89. The first-order chi connectivity index (χ1) is 13.0. The molecule has 1 aliphatic rings. The van der Waals surface area contributed by atoms with E-state index in [-0.39, 0.29) is 32.1 Å². The second-order valence-electron chi connectivity index (χ2n) is 6.27. The first-order valence-corrected chi connectivity index (χ1v) is 10.9. The van der Waals surface area contributed by atoms with Crippen molar-refractivity contribution in [2.24, 2.45) is 0 Å². The van der Waals surface area contributed by atoms with Crippen molar-refractivity contribution in [1.82, 2.24) is 9.21 Å². The van der Waals surface area contributed by atoms with Gasteiger partial charge in [-0.25, -0.2) is 8.42 Å². The number of hydrogen-bond acceptors (Lipinski definition) is 4. The standard InChI is InChI=1S/C17H16ClF3N2O3S2/c1-11-4-9-27-15(11)16(24)22-5-7-23(8-6-22)28(25,26)12-2-3-14(18)13(10-12)17(19,20)21/h2-4,9-10H,5-8H2,1H3. The Balaban J connectivity index is 1.77. The van der Waals surface area contributed by atoms with E-state index in [4.69, 9.17) is 11.6 Å². The summed E-state index contributed by atoms with van der Waals surface area (Å²) >= 11 is 6.88. The number of benzene rings is 1. The molecule has 1 aromatic carbocycles. The fraction of sp³-hybridized carbons (Fsp3) is 0.353. The van der Waals surface area contributed by atoms with Crippen LogP contribution in [0.3, 0.4) is 0 Å². The predicted octanol–water partition coefficient (Wildman–Crippen LogP) is 3.88. The number of carbonyl (C=O) groups excluding carboxylic acids is 1. The van der Waals surface area contributed by atoms with Crippen molar-refractivity contribution in [3.8, 4) is 0 Å². The van der Waals surface area contributed by atoms with E-state index in [1.54, 1.807) is 4.90 Å². The smallest absolute Gasteiger partial charge is 0.335 e. The average molecular weight is 453 g/mol. The second-order valence-corrected chi connectivity index (χ2v) is 9.53. The molecule has 152 valence electrons. The van der Waals surface area contributed by atoms with Crippen LogP contribution in [0.4, 0.5) is 13.2 Å². The van der Waals surface area contributed by atoms with E-state index >= 15 is 0 Å². The number of sulfonamides is 1. The summed E-state index contributed by atoms with van der Waals surface area (Å²) in [6.45, 7) is 2.15. The van der Waals surface area contributed by atoms with Crippen LogP contribution in [-0.4, -0.2) is 49.7 Å². The predicted molar refractivity (Wildman–Crippen MR) is 100 cm³/mol. The van der Waals surface area contributed by atoms with Crippen LogP contribution in [-0.2, 0) is 16.2 Å². The molecule has 1 saturated heterocycles. The van der Waals surface area contributed by atoms with Gasteiger partial charge in [0.1, 0.15) is 0 Å². The van der Waals surface area contributed by atoms with Crippen molar-refractivity contribution >= 4 is 38.9 Å². The van der Waals surface area contributed by atoms with Crippen molar-refractivity contribution in [3.05, 3.63) is 50.7 Å². The highest BCUT2D eigenvalue weighted by Crippen LogP contribution is 2.36. The Morgan fingerprint density at radius 3 is 2.32 bits per heavy atom. The third-order valence-corrected chi connectivity index (χ3v) is 7.69. The summed E-state index contributed by atoms with van der Waals surface area (Å²) in [6, 6.07) is 4.36. The summed E-state index contributed by atoms with van der Waals surface area (Å²) in [5.74, 6) is -0.171. The Bertz CT molecular complexity index is 997. The molecule has 5 nitrogen and oxygen atoms in total. The molecular weight excluding hydrogens is 437 g/mol. The molecule has 0 radical (unpaired) electrons. The molecule has 0 bridgehead atoms. The Kier molecular flexibility index (Phi) is 5.77. The molecule has 3 rings (SSSR count). The van der Waals surface area contributed by atoms with Gasteiger partial charge in [-0.05, 0) is 42.1 Å². The van der Waals surface area contributed by atoms with Gasteiger partial charge in [0, 0.05) is 26.2 Å². The van der Waals surface area contributed by atoms with Crippen molar-refractivity contribution in [2.45, 2.75) is 18.0 Å². The lowest BCUT2D eigenvalue weighted by atomic mass is 10.2. The van der Waals surface area contributed by atoms with Crippen LogP contribution in [0.1, 0.15) is 20.8 Å². The fourth-order valence-corrected chi connectivity index (χ4v) is 5.46. The second kappa shape index (κ2) is 7.66. The molecule has 1 fully saturated rings. The monoisotopic (exact) mass is 452 g/mol. The minimum atomic E-state index is -4.76. The molecule has 0 saturated carbocycles. The molecule has 28 heavy (non-hydrogen) atoms. The Morgan fingerprint density at radius 1 is 1.14 bits per heavy atom. The van der Waals surface area contributed by atoms with E-state index in [2.05, 4.69) is 0 Å². The molecule has 0 unspecified atom stereocenters. The topological polar surface area (TPSA) is 57.7 Å². The fourth-order valence-electron chi connectivity index (χ4n) is 2.90. The molecule has 1 amide bonds. The van der Waals surface area contributed by atoms with Gasteiger partial charge in [0.25, 0.3) is 5.91 Å². The van der Waals surface area contributed by atoms with Gasteiger partial charge in [-0.2, -0.15) is 17.5 Å². The molecule has 0 atom stereocenters. The maximum Gasteiger partial charge on any atom is 0.417 e. The summed E-state index contributed by atoms with van der Waals surface area (Å²) in [5, 5.41) is 1.25. The molecular formula is C17H16ClF3N2O3S2. The number of nitrogens with zero attached hydrogens (tertiary/aromatic N) is 2. The van der Waals surface area contributed by atoms with Gasteiger partial charge >= 0.3 is 6.18 Å². The lowest BCUT2D eigenvalue weighted by Crippen LogP contribution is -2.50. The normalized spacial score (nSPS) is 16.4. The lowest BCUT2D eigenvalue weighted by molar-refractivity contribution is -0.137. The quantitative estimate of drug-likeness (QED) is 0.710. The number of rotatable bonds is 3. The zero-order valence-electron chi connectivity index (χ0n) is 14.7. The highest BCUT2D eigenvalue weighted by Gasteiger charge is 2.36. The number of aryl methyl sites for hydroxylation is 1. The van der Waals surface area contributed by atoms with Gasteiger partial charge in [-0.3, -0.25) is 4.79 Å². The zero-order valence-corrected chi connectivity index (χ0v) is 17.1. The minimum absolute atomic E-state index is 0.00245. The van der Waals surface area contributed by atoms with Gasteiger partial charge in [0.2, 0.25) is 10.0 Å². The van der Waals surface area contributed by atoms with E-state index in [1.165, 1.54) is 11.3 Å². The van der Waals surface area contributed by atoms with Crippen LogP contribution in [0.25, 0.3) is 0 Å². The minimum Gasteiger partial charge on any atom is -0.335 e. The Hall–Kier alpha value is -1.62. The first kappa shape index (κ1) is 21.1. The van der Waals surface area contributed by atoms with E-state index in [1.807, 2.05) is 18.4 Å². The van der Waals surface area contributed by atoms with Crippen molar-refractivity contribution in [3.63, 3.8) is 0 Å². The van der Waals surface area contributed by atoms with Crippen LogP contribution in [0.15, 0.2) is 34.5 Å². The van der Waals surface area contributed by atoms with Crippen molar-refractivity contribution in [2.75, 3.05) is 26.2 Å². The van der Waals surface area contributed by atoms with Gasteiger partial charge in [0.15, 0.2) is 0 Å². The van der Waals surface area contributed by atoms with E-state index in [0.717, 1.165) is 22.0 Å². The number of halogens is 4. The summed E-state index contributed by atoms with van der Waals surface area (Å²) in [7, 11) is -4.13. The molecule has 1 aliphatic heterocycles. The molecule has 0 N–H and O–H groups in total. The number of amides is 1. The first-order valence-electron chi connectivity index (χ1n) is 8.22. The van der Waals surface area contributed by atoms with Gasteiger partial charge in [-0.1, -0.05) is 11.6 Å². The molecule has 0 aliphatic carbocycles. The maximum atomic E-state index is 13.0. The summed E-state index contributed by atoms with van der Waals surface area (Å²) < 4.78 is 65.7. The van der Waals surface area contributed by atoms with Crippen LogP contribution in [0.2, 0.25) is 5.02 Å². The number of carbonyl (C=O) groups is 1. The van der Waals surface area contributed by atoms with Crippen LogP contribution in [0.5, 0.6) is 0 Å². The number of thiophene rings is 1. The summed E-state index contributed by atoms with van der Waals surface area (Å²) in [5.41, 5.74) is -0.344. The van der Waals surface area contributed by atoms with Crippen molar-refractivity contribution in [1.29, 1.82) is 0 Å². The highest BCUT2D eigenvalue weighted by atomic mass is 35.5. The van der Waals surface area contributed by atoms with E-state index in [9.17, 15) is 26.4 Å². The van der Waals surface area contributed by atoms with E-state index in [0.29, 0.717) is 10.9 Å². The number of alkyl halides is 3. The zero-order chi connectivity index (χ0) is 20.7. The molecule has 1 aromatic heterocycles.